The molecule has 0 fully saturated rings. The third kappa shape index (κ3) is 7.24. The van der Waals surface area contributed by atoms with Crippen LogP contribution >= 0.6 is 0 Å². The minimum atomic E-state index is -0.666. The first kappa shape index (κ1) is 21.1. The molecule has 0 N–H and O–H groups in total. The van der Waals surface area contributed by atoms with Crippen molar-refractivity contribution in [1.82, 2.24) is 0 Å². The standard InChI is InChI=1S/C21H30O4/c1-6-11-16(3)20(21(22)23-5)25-19(7-2)17(4)14-24-15-18-12-9-8-10-13-18/h6-13,16-17,19-20H,2,14-15H2,1,3-5H3/b11-6+/t16-,17-,19+,20+/m1/s1. The number of carbonyl (C=O) groups is 1. The smallest absolute Gasteiger partial charge is 0.335 e. The van der Waals surface area contributed by atoms with Gasteiger partial charge in [-0.15, -0.1) is 6.58 Å². The SMILES string of the molecule is C=C[C@H](O[C@H](C(=O)OC)[C@H](C)/C=C/C)[C@H](C)COCc1ccccc1. The van der Waals surface area contributed by atoms with Gasteiger partial charge in [0, 0.05) is 11.8 Å². The average molecular weight is 346 g/mol. The Morgan fingerprint density at radius 1 is 1.24 bits per heavy atom. The first-order valence-corrected chi connectivity index (χ1v) is 8.63. The molecule has 0 aromatic heterocycles. The number of hydrogen-bond donors (Lipinski definition) is 0. The van der Waals surface area contributed by atoms with Crippen molar-refractivity contribution in [3.05, 3.63) is 60.7 Å². The molecule has 1 aromatic carbocycles. The van der Waals surface area contributed by atoms with Crippen molar-refractivity contribution in [3.63, 3.8) is 0 Å². The van der Waals surface area contributed by atoms with E-state index in [2.05, 4.69) is 6.58 Å². The third-order valence-corrected chi connectivity index (χ3v) is 4.00. The fourth-order valence-electron chi connectivity index (χ4n) is 2.54. The van der Waals surface area contributed by atoms with E-state index in [0.29, 0.717) is 13.2 Å². The molecule has 4 heteroatoms. The largest absolute Gasteiger partial charge is 0.467 e. The quantitative estimate of drug-likeness (QED) is 0.446. The van der Waals surface area contributed by atoms with Crippen LogP contribution in [-0.2, 0) is 25.6 Å². The van der Waals surface area contributed by atoms with Crippen LogP contribution in [0.4, 0.5) is 0 Å². The normalized spacial score (nSPS) is 16.2. The predicted octanol–water partition coefficient (Wildman–Crippen LogP) is 4.16. The maximum Gasteiger partial charge on any atom is 0.335 e. The number of allylic oxidation sites excluding steroid dienone is 1. The molecule has 0 amide bonds. The average Bonchev–Trinajstić information content (AvgIpc) is 2.63. The van der Waals surface area contributed by atoms with Gasteiger partial charge in [0.2, 0.25) is 0 Å². The topological polar surface area (TPSA) is 44.8 Å². The first-order valence-electron chi connectivity index (χ1n) is 8.63. The fraction of sp³-hybridized carbons (Fsp3) is 0.476. The van der Waals surface area contributed by atoms with Crippen molar-refractivity contribution in [2.75, 3.05) is 13.7 Å². The Morgan fingerprint density at radius 3 is 2.48 bits per heavy atom. The minimum absolute atomic E-state index is 0.0613. The van der Waals surface area contributed by atoms with E-state index in [1.54, 1.807) is 6.08 Å². The summed E-state index contributed by atoms with van der Waals surface area (Å²) >= 11 is 0. The van der Waals surface area contributed by atoms with Crippen LogP contribution in [-0.4, -0.2) is 31.9 Å². The van der Waals surface area contributed by atoms with Gasteiger partial charge in [-0.05, 0) is 12.5 Å². The van der Waals surface area contributed by atoms with Gasteiger partial charge in [-0.25, -0.2) is 4.79 Å². The van der Waals surface area contributed by atoms with Crippen LogP contribution in [0.15, 0.2) is 55.1 Å². The van der Waals surface area contributed by atoms with E-state index >= 15 is 0 Å². The van der Waals surface area contributed by atoms with Crippen LogP contribution in [0.25, 0.3) is 0 Å². The number of esters is 1. The summed E-state index contributed by atoms with van der Waals surface area (Å²) in [4.78, 5) is 12.1. The Balaban J connectivity index is 2.61. The van der Waals surface area contributed by atoms with Gasteiger partial charge in [-0.1, -0.05) is 62.4 Å². The second-order valence-electron chi connectivity index (χ2n) is 6.14. The van der Waals surface area contributed by atoms with Gasteiger partial charge >= 0.3 is 5.97 Å². The van der Waals surface area contributed by atoms with Crippen LogP contribution in [0.2, 0.25) is 0 Å². The molecule has 4 nitrogen and oxygen atoms in total. The summed E-state index contributed by atoms with van der Waals surface area (Å²) in [7, 11) is 1.37. The molecule has 0 aliphatic carbocycles. The van der Waals surface area contributed by atoms with Crippen molar-refractivity contribution in [2.45, 2.75) is 39.6 Å². The highest BCUT2D eigenvalue weighted by Crippen LogP contribution is 2.19. The Morgan fingerprint density at radius 2 is 1.92 bits per heavy atom. The summed E-state index contributed by atoms with van der Waals surface area (Å²) in [5.74, 6) is -0.404. The highest BCUT2D eigenvalue weighted by molar-refractivity contribution is 5.75. The Bertz CT molecular complexity index is 538. The van der Waals surface area contributed by atoms with E-state index in [0.717, 1.165) is 5.56 Å². The summed E-state index contributed by atoms with van der Waals surface area (Å²) in [5.41, 5.74) is 1.12. The molecular weight excluding hydrogens is 316 g/mol. The molecule has 1 rings (SSSR count). The van der Waals surface area contributed by atoms with Crippen LogP contribution in [0.1, 0.15) is 26.3 Å². The number of rotatable bonds is 11. The number of ether oxygens (including phenoxy) is 3. The molecular formula is C21H30O4. The third-order valence-electron chi connectivity index (χ3n) is 4.00. The Labute approximate surface area is 151 Å². The van der Waals surface area contributed by atoms with Gasteiger partial charge in [0.25, 0.3) is 0 Å². The van der Waals surface area contributed by atoms with E-state index in [4.69, 9.17) is 14.2 Å². The van der Waals surface area contributed by atoms with Gasteiger partial charge in [0.05, 0.1) is 26.4 Å². The summed E-state index contributed by atoms with van der Waals surface area (Å²) in [6, 6.07) is 10.0. The molecule has 1 aromatic rings. The van der Waals surface area contributed by atoms with Crippen molar-refractivity contribution >= 4 is 5.97 Å². The Hall–Kier alpha value is -1.91. The molecule has 0 unspecified atom stereocenters. The van der Waals surface area contributed by atoms with Crippen molar-refractivity contribution < 1.29 is 19.0 Å². The zero-order valence-corrected chi connectivity index (χ0v) is 15.7. The van der Waals surface area contributed by atoms with Gasteiger partial charge < -0.3 is 14.2 Å². The highest BCUT2D eigenvalue weighted by Gasteiger charge is 2.29. The number of methoxy groups -OCH3 is 1. The van der Waals surface area contributed by atoms with Gasteiger partial charge in [-0.3, -0.25) is 0 Å². The van der Waals surface area contributed by atoms with Gasteiger partial charge in [-0.2, -0.15) is 0 Å². The molecule has 0 heterocycles. The Kier molecular flexibility index (Phi) is 9.81. The monoisotopic (exact) mass is 346 g/mol. The summed E-state index contributed by atoms with van der Waals surface area (Å²) in [6.45, 7) is 10.8. The lowest BCUT2D eigenvalue weighted by atomic mass is 10.0. The zero-order chi connectivity index (χ0) is 18.7. The van der Waals surface area contributed by atoms with E-state index in [9.17, 15) is 4.79 Å². The molecule has 0 spiro atoms. The van der Waals surface area contributed by atoms with E-state index in [1.165, 1.54) is 7.11 Å². The summed E-state index contributed by atoms with van der Waals surface area (Å²) < 4.78 is 16.7. The van der Waals surface area contributed by atoms with Crippen molar-refractivity contribution in [2.24, 2.45) is 11.8 Å². The van der Waals surface area contributed by atoms with Crippen molar-refractivity contribution in [1.29, 1.82) is 0 Å². The van der Waals surface area contributed by atoms with Crippen LogP contribution in [0.3, 0.4) is 0 Å². The van der Waals surface area contributed by atoms with Crippen LogP contribution in [0, 0.1) is 11.8 Å². The van der Waals surface area contributed by atoms with Crippen molar-refractivity contribution in [3.8, 4) is 0 Å². The molecule has 4 atom stereocenters. The highest BCUT2D eigenvalue weighted by atomic mass is 16.6. The second kappa shape index (κ2) is 11.6. The molecule has 0 saturated heterocycles. The lowest BCUT2D eigenvalue weighted by Crippen LogP contribution is -2.37. The number of hydrogen-bond acceptors (Lipinski definition) is 4. The van der Waals surface area contributed by atoms with Gasteiger partial charge in [0.15, 0.2) is 6.10 Å². The lowest BCUT2D eigenvalue weighted by molar-refractivity contribution is -0.161. The number of carbonyl (C=O) groups excluding carboxylic acids is 1. The predicted molar refractivity (Wildman–Crippen MR) is 100 cm³/mol. The minimum Gasteiger partial charge on any atom is -0.467 e. The van der Waals surface area contributed by atoms with E-state index in [-0.39, 0.29) is 23.9 Å². The van der Waals surface area contributed by atoms with Crippen LogP contribution < -0.4 is 0 Å². The van der Waals surface area contributed by atoms with E-state index in [1.807, 2.05) is 63.3 Å². The molecule has 138 valence electrons. The van der Waals surface area contributed by atoms with E-state index < -0.39 is 6.10 Å². The molecule has 0 aliphatic rings. The molecule has 25 heavy (non-hydrogen) atoms. The molecule has 0 aliphatic heterocycles. The van der Waals surface area contributed by atoms with Gasteiger partial charge in [0.1, 0.15) is 0 Å². The lowest BCUT2D eigenvalue weighted by Gasteiger charge is -2.28. The second-order valence-corrected chi connectivity index (χ2v) is 6.14. The molecule has 0 saturated carbocycles. The number of benzene rings is 1. The fourth-order valence-corrected chi connectivity index (χ4v) is 2.54. The summed E-state index contributed by atoms with van der Waals surface area (Å²) in [5, 5.41) is 0. The molecule has 0 radical (unpaired) electrons. The summed E-state index contributed by atoms with van der Waals surface area (Å²) in [6.07, 6.45) is 4.58. The first-order chi connectivity index (χ1) is 12.0. The molecule has 0 bridgehead atoms. The maximum atomic E-state index is 12.1. The zero-order valence-electron chi connectivity index (χ0n) is 15.7. The maximum absolute atomic E-state index is 12.1. The van der Waals surface area contributed by atoms with Crippen LogP contribution in [0.5, 0.6) is 0 Å².